The van der Waals surface area contributed by atoms with Crippen molar-refractivity contribution in [2.45, 2.75) is 18.4 Å². The zero-order valence-electron chi connectivity index (χ0n) is 6.42. The van der Waals surface area contributed by atoms with Gasteiger partial charge in [-0.1, -0.05) is 40.2 Å². The molecule has 1 rings (SSSR count). The highest BCUT2D eigenvalue weighted by Gasteiger charge is 1.98. The van der Waals surface area contributed by atoms with Crippen LogP contribution in [-0.2, 0) is 5.33 Å². The minimum Gasteiger partial charge on any atom is -0.389 e. The number of halogens is 1. The summed E-state index contributed by atoms with van der Waals surface area (Å²) in [6.45, 7) is 1.77. The molecule has 0 radical (unpaired) electrons. The van der Waals surface area contributed by atoms with Gasteiger partial charge in [-0.05, 0) is 18.1 Å². The lowest BCUT2D eigenvalue weighted by Gasteiger charge is -2.03. The van der Waals surface area contributed by atoms with Crippen LogP contribution in [0.3, 0.4) is 0 Å². The molecule has 0 heterocycles. The maximum absolute atomic E-state index is 9.18. The van der Waals surface area contributed by atoms with Gasteiger partial charge in [0.25, 0.3) is 0 Å². The van der Waals surface area contributed by atoms with Crippen LogP contribution < -0.4 is 0 Å². The smallest absolute Gasteiger partial charge is 0.0761 e. The van der Waals surface area contributed by atoms with Crippen LogP contribution in [0.1, 0.15) is 24.2 Å². The molecule has 1 nitrogen and oxygen atoms in total. The van der Waals surface area contributed by atoms with Crippen LogP contribution in [0.5, 0.6) is 0 Å². The summed E-state index contributed by atoms with van der Waals surface area (Å²) in [4.78, 5) is 0. The zero-order chi connectivity index (χ0) is 8.27. The molecule has 1 atom stereocenters. The highest BCUT2D eigenvalue weighted by Crippen LogP contribution is 2.13. The lowest BCUT2D eigenvalue weighted by Crippen LogP contribution is -1.90. The van der Waals surface area contributed by atoms with E-state index in [0.29, 0.717) is 0 Å². The Labute approximate surface area is 75.2 Å². The van der Waals surface area contributed by atoms with Gasteiger partial charge in [0.1, 0.15) is 0 Å². The van der Waals surface area contributed by atoms with Crippen LogP contribution in [-0.4, -0.2) is 5.11 Å². The van der Waals surface area contributed by atoms with E-state index in [2.05, 4.69) is 15.9 Å². The number of rotatable bonds is 2. The third kappa shape index (κ3) is 2.31. The Morgan fingerprint density at radius 3 is 2.27 bits per heavy atom. The summed E-state index contributed by atoms with van der Waals surface area (Å²) in [6, 6.07) is 7.91. The molecule has 0 bridgehead atoms. The highest BCUT2D eigenvalue weighted by molar-refractivity contribution is 9.08. The molecule has 1 N–H and O–H groups in total. The average Bonchev–Trinajstić information content (AvgIpc) is 2.05. The number of alkyl halides is 1. The minimum absolute atomic E-state index is 0.362. The summed E-state index contributed by atoms with van der Waals surface area (Å²) >= 11 is 3.36. The van der Waals surface area contributed by atoms with E-state index in [9.17, 15) is 5.11 Å². The lowest BCUT2D eigenvalue weighted by atomic mass is 10.1. The number of hydrogen-bond donors (Lipinski definition) is 1. The quantitative estimate of drug-likeness (QED) is 0.752. The standard InChI is InChI=1S/C9H11BrO/c1-7(11)9-4-2-8(6-10)3-5-9/h2-5,7,11H,6H2,1H3/t7-/m1/s1. The molecule has 0 amide bonds. The molecule has 11 heavy (non-hydrogen) atoms. The van der Waals surface area contributed by atoms with E-state index in [0.717, 1.165) is 10.9 Å². The van der Waals surface area contributed by atoms with E-state index in [1.807, 2.05) is 24.3 Å². The van der Waals surface area contributed by atoms with Gasteiger partial charge in [0.15, 0.2) is 0 Å². The molecule has 0 aliphatic rings. The highest BCUT2D eigenvalue weighted by atomic mass is 79.9. The van der Waals surface area contributed by atoms with Gasteiger partial charge in [0.05, 0.1) is 6.10 Å². The summed E-state index contributed by atoms with van der Waals surface area (Å²) in [5.41, 5.74) is 2.20. The molecule has 0 saturated carbocycles. The van der Waals surface area contributed by atoms with Crippen LogP contribution in [0.2, 0.25) is 0 Å². The fourth-order valence-electron chi connectivity index (χ4n) is 0.885. The van der Waals surface area contributed by atoms with Crippen molar-refractivity contribution in [3.63, 3.8) is 0 Å². The molecule has 0 saturated heterocycles. The Hall–Kier alpha value is -0.340. The molecule has 0 spiro atoms. The third-order valence-electron chi connectivity index (χ3n) is 1.62. The second kappa shape index (κ2) is 3.88. The fourth-order valence-corrected chi connectivity index (χ4v) is 1.26. The Kier molecular flexibility index (Phi) is 3.09. The molecule has 0 fully saturated rings. The van der Waals surface area contributed by atoms with E-state index in [-0.39, 0.29) is 6.10 Å². The summed E-state index contributed by atoms with van der Waals surface area (Å²) < 4.78 is 0. The van der Waals surface area contributed by atoms with Crippen molar-refractivity contribution in [3.8, 4) is 0 Å². The molecule has 0 aliphatic heterocycles. The zero-order valence-corrected chi connectivity index (χ0v) is 8.01. The van der Waals surface area contributed by atoms with Crippen LogP contribution >= 0.6 is 15.9 Å². The second-order valence-electron chi connectivity index (χ2n) is 2.55. The topological polar surface area (TPSA) is 20.2 Å². The van der Waals surface area contributed by atoms with E-state index in [1.54, 1.807) is 6.92 Å². The van der Waals surface area contributed by atoms with Gasteiger partial charge in [-0.2, -0.15) is 0 Å². The summed E-state index contributed by atoms with van der Waals surface area (Å²) in [5.74, 6) is 0. The SMILES string of the molecule is C[C@@H](O)c1ccc(CBr)cc1. The van der Waals surface area contributed by atoms with Gasteiger partial charge in [0, 0.05) is 5.33 Å². The Bertz CT molecular complexity index is 216. The van der Waals surface area contributed by atoms with Crippen molar-refractivity contribution in [2.75, 3.05) is 0 Å². The molecule has 2 heteroatoms. The Balaban J connectivity index is 2.83. The second-order valence-corrected chi connectivity index (χ2v) is 3.11. The van der Waals surface area contributed by atoms with Crippen molar-refractivity contribution < 1.29 is 5.11 Å². The first-order chi connectivity index (χ1) is 5.24. The number of aliphatic hydroxyl groups excluding tert-OH is 1. The maximum Gasteiger partial charge on any atom is 0.0761 e. The summed E-state index contributed by atoms with van der Waals surface area (Å²) in [6.07, 6.45) is -0.362. The molecule has 0 unspecified atom stereocenters. The van der Waals surface area contributed by atoms with Crippen molar-refractivity contribution in [1.82, 2.24) is 0 Å². The summed E-state index contributed by atoms with van der Waals surface area (Å²) in [5, 5.41) is 10.0. The molecule has 1 aromatic carbocycles. The van der Waals surface area contributed by atoms with Crippen molar-refractivity contribution >= 4 is 15.9 Å². The van der Waals surface area contributed by atoms with Crippen LogP contribution in [0.15, 0.2) is 24.3 Å². The normalized spacial score (nSPS) is 13.0. The van der Waals surface area contributed by atoms with Crippen LogP contribution in [0, 0.1) is 0 Å². The third-order valence-corrected chi connectivity index (χ3v) is 2.26. The largest absolute Gasteiger partial charge is 0.389 e. The van der Waals surface area contributed by atoms with Crippen molar-refractivity contribution in [2.24, 2.45) is 0 Å². The first kappa shape index (κ1) is 8.75. The van der Waals surface area contributed by atoms with Gasteiger partial charge in [0.2, 0.25) is 0 Å². The maximum atomic E-state index is 9.18. The van der Waals surface area contributed by atoms with E-state index < -0.39 is 0 Å². The molecule has 0 aromatic heterocycles. The predicted molar refractivity (Wildman–Crippen MR) is 49.7 cm³/mol. The molecular weight excluding hydrogens is 204 g/mol. The number of hydrogen-bond acceptors (Lipinski definition) is 1. The van der Waals surface area contributed by atoms with E-state index >= 15 is 0 Å². The number of benzene rings is 1. The minimum atomic E-state index is -0.362. The first-order valence-corrected chi connectivity index (χ1v) is 4.69. The first-order valence-electron chi connectivity index (χ1n) is 3.57. The predicted octanol–water partition coefficient (Wildman–Crippen LogP) is 2.63. The fraction of sp³-hybridized carbons (Fsp3) is 0.333. The van der Waals surface area contributed by atoms with Gasteiger partial charge >= 0.3 is 0 Å². The van der Waals surface area contributed by atoms with Crippen LogP contribution in [0.25, 0.3) is 0 Å². The monoisotopic (exact) mass is 214 g/mol. The number of aliphatic hydroxyl groups is 1. The van der Waals surface area contributed by atoms with Crippen LogP contribution in [0.4, 0.5) is 0 Å². The van der Waals surface area contributed by atoms with Gasteiger partial charge in [-0.3, -0.25) is 0 Å². The van der Waals surface area contributed by atoms with E-state index in [1.165, 1.54) is 5.56 Å². The molecular formula is C9H11BrO. The Morgan fingerprint density at radius 1 is 1.36 bits per heavy atom. The summed E-state index contributed by atoms with van der Waals surface area (Å²) in [7, 11) is 0. The molecule has 60 valence electrons. The van der Waals surface area contributed by atoms with Gasteiger partial charge in [-0.15, -0.1) is 0 Å². The van der Waals surface area contributed by atoms with Gasteiger partial charge < -0.3 is 5.11 Å². The van der Waals surface area contributed by atoms with E-state index in [4.69, 9.17) is 0 Å². The Morgan fingerprint density at radius 2 is 1.91 bits per heavy atom. The molecule has 0 aliphatic carbocycles. The van der Waals surface area contributed by atoms with Crippen molar-refractivity contribution in [3.05, 3.63) is 35.4 Å². The molecule has 1 aromatic rings. The lowest BCUT2D eigenvalue weighted by molar-refractivity contribution is 0.199. The van der Waals surface area contributed by atoms with Crippen molar-refractivity contribution in [1.29, 1.82) is 0 Å². The van der Waals surface area contributed by atoms with Gasteiger partial charge in [-0.25, -0.2) is 0 Å². The average molecular weight is 215 g/mol.